The molecule has 2 aliphatic rings. The quantitative estimate of drug-likeness (QED) is 0.818. The third-order valence-corrected chi connectivity index (χ3v) is 5.14. The molecule has 4 heteroatoms. The van der Waals surface area contributed by atoms with Crippen molar-refractivity contribution in [2.24, 2.45) is 5.92 Å². The number of likely N-dealkylation sites (tertiary alicyclic amines) is 1. The van der Waals surface area contributed by atoms with E-state index in [2.05, 4.69) is 24.1 Å². The van der Waals surface area contributed by atoms with Gasteiger partial charge in [-0.2, -0.15) is 0 Å². The highest BCUT2D eigenvalue weighted by Crippen LogP contribution is 2.30. The van der Waals surface area contributed by atoms with Crippen molar-refractivity contribution >= 4 is 5.91 Å². The van der Waals surface area contributed by atoms with Gasteiger partial charge in [0.2, 0.25) is 5.91 Å². The molecule has 1 saturated carbocycles. The van der Waals surface area contributed by atoms with Crippen molar-refractivity contribution in [3.63, 3.8) is 0 Å². The molecule has 1 amide bonds. The Morgan fingerprint density at radius 3 is 2.67 bits per heavy atom. The van der Waals surface area contributed by atoms with Crippen molar-refractivity contribution in [1.82, 2.24) is 10.2 Å². The van der Waals surface area contributed by atoms with Crippen molar-refractivity contribution in [2.75, 3.05) is 19.6 Å². The summed E-state index contributed by atoms with van der Waals surface area (Å²) in [5.41, 5.74) is -0.737. The number of carbonyl (C=O) groups is 1. The Bertz CT molecular complexity index is 338. The van der Waals surface area contributed by atoms with Crippen LogP contribution in [-0.2, 0) is 4.79 Å². The zero-order valence-electron chi connectivity index (χ0n) is 13.7. The van der Waals surface area contributed by atoms with Crippen LogP contribution in [0.1, 0.15) is 65.2 Å². The summed E-state index contributed by atoms with van der Waals surface area (Å²) >= 11 is 0. The minimum atomic E-state index is -0.737. The highest BCUT2D eigenvalue weighted by molar-refractivity contribution is 5.77. The summed E-state index contributed by atoms with van der Waals surface area (Å²) in [5, 5.41) is 13.5. The normalized spacial score (nSPS) is 26.8. The van der Waals surface area contributed by atoms with Crippen molar-refractivity contribution in [3.05, 3.63) is 0 Å². The highest BCUT2D eigenvalue weighted by atomic mass is 16.3. The lowest BCUT2D eigenvalue weighted by Crippen LogP contribution is -2.45. The summed E-state index contributed by atoms with van der Waals surface area (Å²) in [6.07, 6.45) is 7.57. The minimum absolute atomic E-state index is 0.0288. The lowest BCUT2D eigenvalue weighted by molar-refractivity contribution is -0.127. The van der Waals surface area contributed by atoms with E-state index < -0.39 is 5.60 Å². The standard InChI is InChI=1S/C17H32N2O2/c1-14(2)19-10-6-7-15(13-19)12-18-16(20)11-17(21)8-4-3-5-9-17/h14-15,21H,3-13H2,1-2H3,(H,18,20). The second-order valence-corrected chi connectivity index (χ2v) is 7.36. The van der Waals surface area contributed by atoms with Gasteiger partial charge in [0.1, 0.15) is 0 Å². The first-order valence-electron chi connectivity index (χ1n) is 8.72. The summed E-state index contributed by atoms with van der Waals surface area (Å²) in [5.74, 6) is 0.590. The molecule has 4 nitrogen and oxygen atoms in total. The summed E-state index contributed by atoms with van der Waals surface area (Å²) in [4.78, 5) is 14.6. The number of carbonyl (C=O) groups excluding carboxylic acids is 1. The number of hydrogen-bond donors (Lipinski definition) is 2. The van der Waals surface area contributed by atoms with Crippen LogP contribution in [0.2, 0.25) is 0 Å². The Labute approximate surface area is 129 Å². The molecule has 1 aliphatic carbocycles. The molecule has 2 N–H and O–H groups in total. The van der Waals surface area contributed by atoms with E-state index in [1.165, 1.54) is 25.8 Å². The molecule has 122 valence electrons. The van der Waals surface area contributed by atoms with Gasteiger partial charge < -0.3 is 15.3 Å². The topological polar surface area (TPSA) is 52.6 Å². The van der Waals surface area contributed by atoms with E-state index in [1.54, 1.807) is 0 Å². The SMILES string of the molecule is CC(C)N1CCCC(CNC(=O)CC2(O)CCCCC2)C1. The molecule has 0 spiro atoms. The van der Waals surface area contributed by atoms with Gasteiger partial charge in [0.05, 0.1) is 12.0 Å². The van der Waals surface area contributed by atoms with Crippen LogP contribution in [-0.4, -0.2) is 47.2 Å². The van der Waals surface area contributed by atoms with Crippen LogP contribution in [0.4, 0.5) is 0 Å². The second-order valence-electron chi connectivity index (χ2n) is 7.36. The molecule has 1 atom stereocenters. The van der Waals surface area contributed by atoms with Crippen molar-refractivity contribution < 1.29 is 9.90 Å². The fraction of sp³-hybridized carbons (Fsp3) is 0.941. The third-order valence-electron chi connectivity index (χ3n) is 5.14. The smallest absolute Gasteiger partial charge is 0.222 e. The van der Waals surface area contributed by atoms with E-state index >= 15 is 0 Å². The molecule has 2 fully saturated rings. The van der Waals surface area contributed by atoms with Gasteiger partial charge in [0.25, 0.3) is 0 Å². The predicted octanol–water partition coefficient (Wildman–Crippen LogP) is 2.31. The summed E-state index contributed by atoms with van der Waals surface area (Å²) < 4.78 is 0. The van der Waals surface area contributed by atoms with E-state index in [0.717, 1.165) is 38.8 Å². The number of nitrogens with one attached hydrogen (secondary N) is 1. The van der Waals surface area contributed by atoms with Gasteiger partial charge in [-0.05, 0) is 52.0 Å². The molecule has 1 heterocycles. The van der Waals surface area contributed by atoms with Crippen LogP contribution in [0.25, 0.3) is 0 Å². The summed E-state index contributed by atoms with van der Waals surface area (Å²) in [7, 11) is 0. The number of hydrogen-bond acceptors (Lipinski definition) is 3. The van der Waals surface area contributed by atoms with Gasteiger partial charge >= 0.3 is 0 Å². The number of aliphatic hydroxyl groups is 1. The number of piperidine rings is 1. The zero-order valence-corrected chi connectivity index (χ0v) is 13.7. The van der Waals surface area contributed by atoms with Crippen molar-refractivity contribution in [1.29, 1.82) is 0 Å². The molecule has 21 heavy (non-hydrogen) atoms. The monoisotopic (exact) mass is 296 g/mol. The minimum Gasteiger partial charge on any atom is -0.389 e. The summed E-state index contributed by atoms with van der Waals surface area (Å²) in [6, 6.07) is 0.589. The van der Waals surface area contributed by atoms with E-state index in [-0.39, 0.29) is 12.3 Å². The first-order valence-corrected chi connectivity index (χ1v) is 8.72. The maximum absolute atomic E-state index is 12.1. The van der Waals surface area contributed by atoms with Crippen LogP contribution < -0.4 is 5.32 Å². The highest BCUT2D eigenvalue weighted by Gasteiger charge is 2.32. The molecule has 1 saturated heterocycles. The lowest BCUT2D eigenvalue weighted by Gasteiger charge is -2.36. The number of amides is 1. The molecule has 1 unspecified atom stereocenters. The Hall–Kier alpha value is -0.610. The second kappa shape index (κ2) is 7.59. The van der Waals surface area contributed by atoms with E-state index in [0.29, 0.717) is 12.0 Å². The van der Waals surface area contributed by atoms with Gasteiger partial charge in [-0.15, -0.1) is 0 Å². The van der Waals surface area contributed by atoms with E-state index in [9.17, 15) is 9.90 Å². The van der Waals surface area contributed by atoms with E-state index in [1.807, 2.05) is 0 Å². The van der Waals surface area contributed by atoms with Gasteiger partial charge in [0, 0.05) is 19.1 Å². The largest absolute Gasteiger partial charge is 0.389 e. The van der Waals surface area contributed by atoms with Crippen molar-refractivity contribution in [3.8, 4) is 0 Å². The molecular formula is C17H32N2O2. The van der Waals surface area contributed by atoms with Crippen LogP contribution >= 0.6 is 0 Å². The molecule has 0 radical (unpaired) electrons. The van der Waals surface area contributed by atoms with E-state index in [4.69, 9.17) is 0 Å². The first kappa shape index (κ1) is 16.8. The molecule has 0 aromatic carbocycles. The molecule has 0 aromatic heterocycles. The Morgan fingerprint density at radius 2 is 2.00 bits per heavy atom. The van der Waals surface area contributed by atoms with Gasteiger partial charge in [-0.25, -0.2) is 0 Å². The van der Waals surface area contributed by atoms with Crippen molar-refractivity contribution in [2.45, 2.75) is 76.9 Å². The fourth-order valence-electron chi connectivity index (χ4n) is 3.74. The Morgan fingerprint density at radius 1 is 1.29 bits per heavy atom. The molecular weight excluding hydrogens is 264 g/mol. The third kappa shape index (κ3) is 5.26. The predicted molar refractivity (Wildman–Crippen MR) is 85.1 cm³/mol. The molecule has 2 rings (SSSR count). The average molecular weight is 296 g/mol. The summed E-state index contributed by atoms with van der Waals surface area (Å²) in [6.45, 7) is 7.50. The molecule has 0 aromatic rings. The van der Waals surface area contributed by atoms with Crippen LogP contribution in [0.15, 0.2) is 0 Å². The van der Waals surface area contributed by atoms with Crippen LogP contribution in [0, 0.1) is 5.92 Å². The molecule has 0 bridgehead atoms. The number of nitrogens with zero attached hydrogens (tertiary/aromatic N) is 1. The zero-order chi connectivity index (χ0) is 15.3. The fourth-order valence-corrected chi connectivity index (χ4v) is 3.74. The Kier molecular flexibility index (Phi) is 6.06. The maximum Gasteiger partial charge on any atom is 0.222 e. The van der Waals surface area contributed by atoms with Crippen LogP contribution in [0.5, 0.6) is 0 Å². The average Bonchev–Trinajstić information content (AvgIpc) is 2.46. The van der Waals surface area contributed by atoms with Gasteiger partial charge in [-0.1, -0.05) is 19.3 Å². The maximum atomic E-state index is 12.1. The lowest BCUT2D eigenvalue weighted by atomic mass is 9.82. The first-order chi connectivity index (χ1) is 9.98. The number of rotatable bonds is 5. The van der Waals surface area contributed by atoms with Gasteiger partial charge in [-0.3, -0.25) is 4.79 Å². The van der Waals surface area contributed by atoms with Crippen LogP contribution in [0.3, 0.4) is 0 Å². The van der Waals surface area contributed by atoms with Gasteiger partial charge in [0.15, 0.2) is 0 Å². The Balaban J connectivity index is 1.71. The molecule has 1 aliphatic heterocycles.